The van der Waals surface area contributed by atoms with Crippen molar-refractivity contribution in [1.82, 2.24) is 10.3 Å². The lowest BCUT2D eigenvalue weighted by Gasteiger charge is -2.15. The van der Waals surface area contributed by atoms with Crippen LogP contribution >= 0.6 is 0 Å². The van der Waals surface area contributed by atoms with E-state index < -0.39 is 6.10 Å². The summed E-state index contributed by atoms with van der Waals surface area (Å²) < 4.78 is 5.62. The Morgan fingerprint density at radius 3 is 2.76 bits per heavy atom. The lowest BCUT2D eigenvalue weighted by atomic mass is 10.1. The normalized spacial score (nSPS) is 12.1. The van der Waals surface area contributed by atoms with E-state index in [0.29, 0.717) is 13.1 Å². The van der Waals surface area contributed by atoms with Gasteiger partial charge >= 0.3 is 0 Å². The standard InChI is InChI=1S/C17H22N2O2/c1-13-7-8-18-9-15(13)10-19-11-16(20)12-21-17-6-4-3-5-14(17)2/h3-9,16,19-20H,10-12H2,1-2H3. The summed E-state index contributed by atoms with van der Waals surface area (Å²) in [6.45, 7) is 5.51. The van der Waals surface area contributed by atoms with Crippen molar-refractivity contribution in [1.29, 1.82) is 0 Å². The second-order valence-corrected chi connectivity index (χ2v) is 5.16. The van der Waals surface area contributed by atoms with E-state index in [-0.39, 0.29) is 6.61 Å². The van der Waals surface area contributed by atoms with E-state index in [2.05, 4.69) is 17.2 Å². The highest BCUT2D eigenvalue weighted by Gasteiger charge is 2.06. The molecule has 4 nitrogen and oxygen atoms in total. The number of nitrogens with zero attached hydrogens (tertiary/aromatic N) is 1. The zero-order valence-corrected chi connectivity index (χ0v) is 12.5. The monoisotopic (exact) mass is 286 g/mol. The molecule has 0 spiro atoms. The van der Waals surface area contributed by atoms with Gasteiger partial charge in [0.1, 0.15) is 18.5 Å². The Bertz CT molecular complexity index is 572. The average Bonchev–Trinajstić information content (AvgIpc) is 2.48. The minimum Gasteiger partial charge on any atom is -0.491 e. The average molecular weight is 286 g/mol. The topological polar surface area (TPSA) is 54.4 Å². The van der Waals surface area contributed by atoms with Crippen LogP contribution in [0, 0.1) is 13.8 Å². The molecule has 0 saturated heterocycles. The van der Waals surface area contributed by atoms with Gasteiger partial charge in [-0.1, -0.05) is 18.2 Å². The molecule has 1 atom stereocenters. The van der Waals surface area contributed by atoms with Crippen LogP contribution in [0.5, 0.6) is 5.75 Å². The molecular formula is C17H22N2O2. The zero-order valence-electron chi connectivity index (χ0n) is 12.5. The molecular weight excluding hydrogens is 264 g/mol. The molecule has 1 heterocycles. The van der Waals surface area contributed by atoms with Crippen molar-refractivity contribution in [3.05, 3.63) is 59.4 Å². The van der Waals surface area contributed by atoms with Gasteiger partial charge in [0.05, 0.1) is 0 Å². The van der Waals surface area contributed by atoms with Crippen molar-refractivity contribution in [3.63, 3.8) is 0 Å². The number of aromatic nitrogens is 1. The van der Waals surface area contributed by atoms with Gasteiger partial charge in [0.25, 0.3) is 0 Å². The molecule has 0 radical (unpaired) electrons. The fraction of sp³-hybridized carbons (Fsp3) is 0.353. The number of nitrogens with one attached hydrogen (secondary N) is 1. The minimum absolute atomic E-state index is 0.282. The second-order valence-electron chi connectivity index (χ2n) is 5.16. The summed E-state index contributed by atoms with van der Waals surface area (Å²) in [4.78, 5) is 4.10. The highest BCUT2D eigenvalue weighted by Crippen LogP contribution is 2.16. The number of aliphatic hydroxyl groups excluding tert-OH is 1. The zero-order chi connectivity index (χ0) is 15.1. The Labute approximate surface area is 125 Å². The summed E-state index contributed by atoms with van der Waals surface area (Å²) >= 11 is 0. The number of hydrogen-bond donors (Lipinski definition) is 2. The lowest BCUT2D eigenvalue weighted by molar-refractivity contribution is 0.106. The summed E-state index contributed by atoms with van der Waals surface area (Å²) in [6.07, 6.45) is 3.09. The Kier molecular flexibility index (Phi) is 5.72. The van der Waals surface area contributed by atoms with Crippen LogP contribution in [-0.2, 0) is 6.54 Å². The van der Waals surface area contributed by atoms with Gasteiger partial charge in [0.2, 0.25) is 0 Å². The maximum atomic E-state index is 9.95. The highest BCUT2D eigenvalue weighted by molar-refractivity contribution is 5.31. The van der Waals surface area contributed by atoms with Crippen LogP contribution in [-0.4, -0.2) is 29.3 Å². The molecule has 0 bridgehead atoms. The third-order valence-electron chi connectivity index (χ3n) is 3.37. The lowest BCUT2D eigenvalue weighted by Crippen LogP contribution is -2.31. The van der Waals surface area contributed by atoms with Crippen LogP contribution < -0.4 is 10.1 Å². The number of ether oxygens (including phenoxy) is 1. The van der Waals surface area contributed by atoms with Gasteiger partial charge in [-0.25, -0.2) is 0 Å². The number of benzene rings is 1. The summed E-state index contributed by atoms with van der Waals surface area (Å²) in [5, 5.41) is 13.2. The van der Waals surface area contributed by atoms with Crippen molar-refractivity contribution < 1.29 is 9.84 Å². The van der Waals surface area contributed by atoms with Gasteiger partial charge in [-0.3, -0.25) is 4.98 Å². The Hall–Kier alpha value is -1.91. The van der Waals surface area contributed by atoms with E-state index in [9.17, 15) is 5.11 Å². The summed E-state index contributed by atoms with van der Waals surface area (Å²) in [7, 11) is 0. The van der Waals surface area contributed by atoms with Crippen molar-refractivity contribution in [2.24, 2.45) is 0 Å². The number of aryl methyl sites for hydroxylation is 2. The van der Waals surface area contributed by atoms with Gasteiger partial charge in [0.15, 0.2) is 0 Å². The van der Waals surface area contributed by atoms with Crippen LogP contribution in [0.2, 0.25) is 0 Å². The van der Waals surface area contributed by atoms with Crippen molar-refractivity contribution in [2.75, 3.05) is 13.2 Å². The number of pyridine rings is 1. The predicted octanol–water partition coefficient (Wildman–Crippen LogP) is 2.23. The Balaban J connectivity index is 1.72. The van der Waals surface area contributed by atoms with E-state index >= 15 is 0 Å². The van der Waals surface area contributed by atoms with Gasteiger partial charge in [0, 0.05) is 25.5 Å². The van der Waals surface area contributed by atoms with Crippen LogP contribution in [0.1, 0.15) is 16.7 Å². The van der Waals surface area contributed by atoms with E-state index in [1.165, 1.54) is 5.56 Å². The van der Waals surface area contributed by atoms with Gasteiger partial charge in [-0.2, -0.15) is 0 Å². The minimum atomic E-state index is -0.540. The molecule has 2 aromatic rings. The fourth-order valence-electron chi connectivity index (χ4n) is 2.02. The molecule has 2 N–H and O–H groups in total. The molecule has 0 fully saturated rings. The third kappa shape index (κ3) is 4.85. The van der Waals surface area contributed by atoms with Crippen LogP contribution in [0.15, 0.2) is 42.7 Å². The van der Waals surface area contributed by atoms with Gasteiger partial charge in [-0.15, -0.1) is 0 Å². The van der Waals surface area contributed by atoms with Crippen molar-refractivity contribution in [3.8, 4) is 5.75 Å². The first-order valence-corrected chi connectivity index (χ1v) is 7.13. The summed E-state index contributed by atoms with van der Waals surface area (Å²) in [5.41, 5.74) is 3.41. The molecule has 0 saturated carbocycles. The number of para-hydroxylation sites is 1. The first kappa shape index (κ1) is 15.5. The van der Waals surface area contributed by atoms with Gasteiger partial charge < -0.3 is 15.2 Å². The van der Waals surface area contributed by atoms with Crippen LogP contribution in [0.3, 0.4) is 0 Å². The maximum absolute atomic E-state index is 9.95. The number of hydrogen-bond acceptors (Lipinski definition) is 4. The Morgan fingerprint density at radius 2 is 2.00 bits per heavy atom. The molecule has 2 rings (SSSR count). The molecule has 0 aliphatic carbocycles. The van der Waals surface area contributed by atoms with E-state index in [4.69, 9.17) is 4.74 Å². The fourth-order valence-corrected chi connectivity index (χ4v) is 2.02. The number of aliphatic hydroxyl groups is 1. The molecule has 1 aromatic carbocycles. The van der Waals surface area contributed by atoms with E-state index in [1.54, 1.807) is 6.20 Å². The molecule has 1 unspecified atom stereocenters. The van der Waals surface area contributed by atoms with Crippen molar-refractivity contribution >= 4 is 0 Å². The van der Waals surface area contributed by atoms with Crippen LogP contribution in [0.25, 0.3) is 0 Å². The van der Waals surface area contributed by atoms with E-state index in [0.717, 1.165) is 16.9 Å². The van der Waals surface area contributed by atoms with Crippen molar-refractivity contribution in [2.45, 2.75) is 26.5 Å². The molecule has 0 aliphatic rings. The molecule has 0 aliphatic heterocycles. The Morgan fingerprint density at radius 1 is 1.19 bits per heavy atom. The smallest absolute Gasteiger partial charge is 0.122 e. The first-order chi connectivity index (χ1) is 10.2. The molecule has 4 heteroatoms. The maximum Gasteiger partial charge on any atom is 0.122 e. The molecule has 0 amide bonds. The van der Waals surface area contributed by atoms with Crippen LogP contribution in [0.4, 0.5) is 0 Å². The molecule has 1 aromatic heterocycles. The summed E-state index contributed by atoms with van der Waals surface area (Å²) in [5.74, 6) is 0.819. The third-order valence-corrected chi connectivity index (χ3v) is 3.37. The quantitative estimate of drug-likeness (QED) is 0.819. The predicted molar refractivity (Wildman–Crippen MR) is 83.4 cm³/mol. The second kappa shape index (κ2) is 7.76. The molecule has 21 heavy (non-hydrogen) atoms. The highest BCUT2D eigenvalue weighted by atomic mass is 16.5. The largest absolute Gasteiger partial charge is 0.491 e. The SMILES string of the molecule is Cc1ccncc1CNCC(O)COc1ccccc1C. The first-order valence-electron chi connectivity index (χ1n) is 7.13. The van der Waals surface area contributed by atoms with E-state index in [1.807, 2.05) is 43.5 Å². The van der Waals surface area contributed by atoms with Gasteiger partial charge in [-0.05, 0) is 42.7 Å². The number of rotatable bonds is 7. The molecule has 112 valence electrons. The summed E-state index contributed by atoms with van der Waals surface area (Å²) in [6, 6.07) is 9.78.